The van der Waals surface area contributed by atoms with Crippen molar-refractivity contribution in [1.29, 1.82) is 0 Å². The van der Waals surface area contributed by atoms with Gasteiger partial charge in [0, 0.05) is 29.2 Å². The normalized spacial score (nSPS) is 10.5. The lowest BCUT2D eigenvalue weighted by atomic mass is 10.0. The monoisotopic (exact) mass is 391 g/mol. The smallest absolute Gasteiger partial charge is 0.255 e. The molecule has 1 aromatic heterocycles. The molecule has 6 heteroatoms. The molecule has 0 fully saturated rings. The van der Waals surface area contributed by atoms with Crippen molar-refractivity contribution in [2.45, 2.75) is 19.8 Å². The molecule has 0 bridgehead atoms. The van der Waals surface area contributed by atoms with Crippen LogP contribution in [0.3, 0.4) is 0 Å². The number of hydrogen-bond acceptors (Lipinski definition) is 5. The zero-order chi connectivity index (χ0) is 20.8. The van der Waals surface area contributed by atoms with Crippen molar-refractivity contribution in [2.75, 3.05) is 24.9 Å². The Morgan fingerprint density at radius 2 is 1.72 bits per heavy atom. The largest absolute Gasteiger partial charge is 0.493 e. The van der Waals surface area contributed by atoms with Gasteiger partial charge in [-0.2, -0.15) is 0 Å². The second-order valence-corrected chi connectivity index (χ2v) is 6.82. The fourth-order valence-electron chi connectivity index (χ4n) is 3.01. The predicted molar refractivity (Wildman–Crippen MR) is 116 cm³/mol. The number of amides is 1. The number of ether oxygens (including phenoxy) is 2. The van der Waals surface area contributed by atoms with Crippen LogP contribution in [0.1, 0.15) is 35.7 Å². The summed E-state index contributed by atoms with van der Waals surface area (Å²) in [7, 11) is 3.12. The molecule has 29 heavy (non-hydrogen) atoms. The van der Waals surface area contributed by atoms with Crippen LogP contribution < -0.4 is 20.1 Å². The van der Waals surface area contributed by atoms with Gasteiger partial charge >= 0.3 is 0 Å². The van der Waals surface area contributed by atoms with Crippen LogP contribution in [0.4, 0.5) is 17.2 Å². The molecule has 2 N–H and O–H groups in total. The van der Waals surface area contributed by atoms with E-state index >= 15 is 0 Å². The van der Waals surface area contributed by atoms with E-state index < -0.39 is 0 Å². The Kier molecular flexibility index (Phi) is 6.34. The lowest BCUT2D eigenvalue weighted by Crippen LogP contribution is -2.12. The van der Waals surface area contributed by atoms with Crippen LogP contribution in [-0.4, -0.2) is 25.1 Å². The van der Waals surface area contributed by atoms with E-state index in [9.17, 15) is 4.79 Å². The number of nitrogens with zero attached hydrogens (tertiary/aromatic N) is 1. The van der Waals surface area contributed by atoms with Gasteiger partial charge < -0.3 is 20.1 Å². The molecule has 1 heterocycles. The Bertz CT molecular complexity index is 1000. The number of carbonyl (C=O) groups is 1. The Morgan fingerprint density at radius 1 is 0.966 bits per heavy atom. The van der Waals surface area contributed by atoms with Crippen LogP contribution in [-0.2, 0) is 0 Å². The SMILES string of the molecule is COc1ccc(NC(=O)c2ccnc(Nc3ccccc3C(C)C)c2)cc1OC. The number of para-hydroxylation sites is 1. The van der Waals surface area contributed by atoms with Crippen molar-refractivity contribution in [3.8, 4) is 11.5 Å². The highest BCUT2D eigenvalue weighted by molar-refractivity contribution is 6.04. The average molecular weight is 391 g/mol. The van der Waals surface area contributed by atoms with E-state index in [1.165, 1.54) is 5.56 Å². The lowest BCUT2D eigenvalue weighted by Gasteiger charge is -2.14. The molecule has 6 nitrogen and oxygen atoms in total. The molecule has 1 amide bonds. The molecule has 0 atom stereocenters. The molecule has 3 aromatic rings. The van der Waals surface area contributed by atoms with Gasteiger partial charge in [-0.05, 0) is 41.8 Å². The van der Waals surface area contributed by atoms with E-state index in [4.69, 9.17) is 9.47 Å². The molecular weight excluding hydrogens is 366 g/mol. The van der Waals surface area contributed by atoms with Crippen molar-refractivity contribution in [3.05, 3.63) is 71.9 Å². The highest BCUT2D eigenvalue weighted by Crippen LogP contribution is 2.30. The number of carbonyl (C=O) groups excluding carboxylic acids is 1. The number of methoxy groups -OCH3 is 2. The van der Waals surface area contributed by atoms with Gasteiger partial charge in [-0.3, -0.25) is 4.79 Å². The summed E-state index contributed by atoms with van der Waals surface area (Å²) in [5.74, 6) is 1.89. The first-order valence-electron chi connectivity index (χ1n) is 9.37. The van der Waals surface area contributed by atoms with Crippen LogP contribution in [0.5, 0.6) is 11.5 Å². The number of benzene rings is 2. The standard InChI is InChI=1S/C23H25N3O3/c1-15(2)18-7-5-6-8-19(18)26-22-13-16(11-12-24-22)23(27)25-17-9-10-20(28-3)21(14-17)29-4/h5-15H,1-4H3,(H,24,26)(H,25,27). The third-order valence-electron chi connectivity index (χ3n) is 4.51. The van der Waals surface area contributed by atoms with E-state index in [0.717, 1.165) is 5.69 Å². The molecule has 0 radical (unpaired) electrons. The Balaban J connectivity index is 1.78. The van der Waals surface area contributed by atoms with E-state index in [-0.39, 0.29) is 5.91 Å². The summed E-state index contributed by atoms with van der Waals surface area (Å²) in [6.07, 6.45) is 1.61. The first-order valence-corrected chi connectivity index (χ1v) is 9.37. The van der Waals surface area contributed by atoms with Gasteiger partial charge in [0.2, 0.25) is 0 Å². The highest BCUT2D eigenvalue weighted by atomic mass is 16.5. The molecule has 0 aliphatic carbocycles. The lowest BCUT2D eigenvalue weighted by molar-refractivity contribution is 0.102. The zero-order valence-corrected chi connectivity index (χ0v) is 17.0. The topological polar surface area (TPSA) is 72.5 Å². The maximum absolute atomic E-state index is 12.7. The van der Waals surface area contributed by atoms with Crippen LogP contribution in [0.25, 0.3) is 0 Å². The van der Waals surface area contributed by atoms with Gasteiger partial charge in [0.05, 0.1) is 14.2 Å². The fraction of sp³-hybridized carbons (Fsp3) is 0.217. The summed E-state index contributed by atoms with van der Waals surface area (Å²) in [5.41, 5.74) is 3.28. The maximum Gasteiger partial charge on any atom is 0.255 e. The maximum atomic E-state index is 12.7. The summed E-state index contributed by atoms with van der Waals surface area (Å²) in [5, 5.41) is 6.19. The molecule has 0 unspecified atom stereocenters. The highest BCUT2D eigenvalue weighted by Gasteiger charge is 2.12. The van der Waals surface area contributed by atoms with Gasteiger partial charge in [0.15, 0.2) is 11.5 Å². The summed E-state index contributed by atoms with van der Waals surface area (Å²) in [4.78, 5) is 17.1. The molecule has 0 saturated carbocycles. The third-order valence-corrected chi connectivity index (χ3v) is 4.51. The summed E-state index contributed by atoms with van der Waals surface area (Å²) in [6.45, 7) is 4.28. The van der Waals surface area contributed by atoms with Gasteiger partial charge in [0.25, 0.3) is 5.91 Å². The Hall–Kier alpha value is -3.54. The zero-order valence-electron chi connectivity index (χ0n) is 17.0. The van der Waals surface area contributed by atoms with E-state index in [1.807, 2.05) is 18.2 Å². The number of hydrogen-bond donors (Lipinski definition) is 2. The minimum Gasteiger partial charge on any atom is -0.493 e. The first-order chi connectivity index (χ1) is 14.0. The fourth-order valence-corrected chi connectivity index (χ4v) is 3.01. The van der Waals surface area contributed by atoms with Crippen LogP contribution in [0.2, 0.25) is 0 Å². The van der Waals surface area contributed by atoms with Crippen molar-refractivity contribution >= 4 is 23.1 Å². The van der Waals surface area contributed by atoms with Crippen molar-refractivity contribution in [1.82, 2.24) is 4.98 Å². The van der Waals surface area contributed by atoms with Gasteiger partial charge in [-0.1, -0.05) is 32.0 Å². The predicted octanol–water partition coefficient (Wildman–Crippen LogP) is 5.22. The molecule has 3 rings (SSSR count). The number of nitrogens with one attached hydrogen (secondary N) is 2. The quantitative estimate of drug-likeness (QED) is 0.578. The van der Waals surface area contributed by atoms with Crippen LogP contribution in [0.15, 0.2) is 60.8 Å². The molecule has 0 saturated heterocycles. The van der Waals surface area contributed by atoms with E-state index in [1.54, 1.807) is 50.7 Å². The summed E-state index contributed by atoms with van der Waals surface area (Å²) in [6, 6.07) is 16.7. The Morgan fingerprint density at radius 3 is 2.45 bits per heavy atom. The first kappa shape index (κ1) is 20.2. The molecule has 2 aromatic carbocycles. The molecular formula is C23H25N3O3. The van der Waals surface area contributed by atoms with Crippen LogP contribution in [0, 0.1) is 0 Å². The summed E-state index contributed by atoms with van der Waals surface area (Å²) < 4.78 is 10.5. The van der Waals surface area contributed by atoms with Crippen molar-refractivity contribution < 1.29 is 14.3 Å². The average Bonchev–Trinajstić information content (AvgIpc) is 2.74. The van der Waals surface area contributed by atoms with Crippen LogP contribution >= 0.6 is 0 Å². The van der Waals surface area contributed by atoms with E-state index in [2.05, 4.69) is 35.5 Å². The number of anilines is 3. The third kappa shape index (κ3) is 4.85. The minimum atomic E-state index is -0.236. The number of rotatable bonds is 7. The molecule has 0 aliphatic rings. The van der Waals surface area contributed by atoms with Gasteiger partial charge in [0.1, 0.15) is 5.82 Å². The second kappa shape index (κ2) is 9.10. The summed E-state index contributed by atoms with van der Waals surface area (Å²) >= 11 is 0. The number of aromatic nitrogens is 1. The Labute approximate surface area is 170 Å². The van der Waals surface area contributed by atoms with Crippen molar-refractivity contribution in [3.63, 3.8) is 0 Å². The molecule has 0 spiro atoms. The number of pyridine rings is 1. The molecule has 150 valence electrons. The molecule has 0 aliphatic heterocycles. The minimum absolute atomic E-state index is 0.236. The van der Waals surface area contributed by atoms with Gasteiger partial charge in [-0.25, -0.2) is 4.98 Å². The van der Waals surface area contributed by atoms with E-state index in [0.29, 0.717) is 34.5 Å². The van der Waals surface area contributed by atoms with Gasteiger partial charge in [-0.15, -0.1) is 0 Å². The van der Waals surface area contributed by atoms with Crippen molar-refractivity contribution in [2.24, 2.45) is 0 Å². The second-order valence-electron chi connectivity index (χ2n) is 6.82.